The normalized spacial score (nSPS) is 22.2. The van der Waals surface area contributed by atoms with E-state index < -0.39 is 0 Å². The summed E-state index contributed by atoms with van der Waals surface area (Å²) in [5.41, 5.74) is 1.30. The first-order valence-electron chi connectivity index (χ1n) is 8.15. The zero-order valence-electron chi connectivity index (χ0n) is 14.0. The topological polar surface area (TPSA) is 48.3 Å². The summed E-state index contributed by atoms with van der Waals surface area (Å²) in [5.74, 6) is 1.89. The van der Waals surface area contributed by atoms with Gasteiger partial charge in [-0.3, -0.25) is 0 Å². The van der Waals surface area contributed by atoms with Gasteiger partial charge >= 0.3 is 0 Å². The van der Waals surface area contributed by atoms with Crippen LogP contribution >= 0.6 is 0 Å². The van der Waals surface area contributed by atoms with Gasteiger partial charge in [0, 0.05) is 38.1 Å². The van der Waals surface area contributed by atoms with Crippen molar-refractivity contribution < 1.29 is 9.47 Å². The number of rotatable bonds is 6. The fourth-order valence-corrected chi connectivity index (χ4v) is 3.21. The third-order valence-electron chi connectivity index (χ3n) is 4.40. The van der Waals surface area contributed by atoms with E-state index in [1.54, 1.807) is 7.11 Å². The molecule has 1 fully saturated rings. The van der Waals surface area contributed by atoms with Crippen LogP contribution in [-0.4, -0.2) is 35.4 Å². The molecule has 23 heavy (non-hydrogen) atoms. The highest BCUT2D eigenvalue weighted by atomic mass is 16.5. The summed E-state index contributed by atoms with van der Waals surface area (Å²) in [4.78, 5) is 4.44. The quantitative estimate of drug-likeness (QED) is 0.890. The number of ether oxygens (including phenoxy) is 2. The highest BCUT2D eigenvalue weighted by Crippen LogP contribution is 2.28. The first kappa shape index (κ1) is 16.0. The molecule has 1 aliphatic rings. The van der Waals surface area contributed by atoms with Crippen LogP contribution in [0.1, 0.15) is 30.8 Å². The minimum absolute atomic E-state index is 0.0355. The fourth-order valence-electron chi connectivity index (χ4n) is 3.21. The lowest BCUT2D eigenvalue weighted by atomic mass is 10.0. The van der Waals surface area contributed by atoms with Crippen LogP contribution in [0.3, 0.4) is 0 Å². The number of benzene rings is 1. The molecule has 1 saturated heterocycles. The van der Waals surface area contributed by atoms with Gasteiger partial charge in [0.05, 0.1) is 7.11 Å². The third-order valence-corrected chi connectivity index (χ3v) is 4.40. The highest BCUT2D eigenvalue weighted by Gasteiger charge is 2.32. The molecule has 1 N–H and O–H groups in total. The largest absolute Gasteiger partial charge is 0.497 e. The van der Waals surface area contributed by atoms with Crippen LogP contribution in [0.15, 0.2) is 36.7 Å². The molecule has 2 heterocycles. The number of nitrogens with zero attached hydrogens (tertiary/aromatic N) is 2. The molecule has 0 unspecified atom stereocenters. The SMILES string of the molecule is COc1ccc(C[C@@H](C)N[C@H]2CCO[C@@H]2c2nccn2C)cc1. The van der Waals surface area contributed by atoms with Crippen molar-refractivity contribution in [3.8, 4) is 5.75 Å². The van der Waals surface area contributed by atoms with Gasteiger partial charge < -0.3 is 19.4 Å². The molecule has 5 heteroatoms. The molecule has 5 nitrogen and oxygen atoms in total. The first-order chi connectivity index (χ1) is 11.2. The second-order valence-corrected chi connectivity index (χ2v) is 6.20. The van der Waals surface area contributed by atoms with Crippen molar-refractivity contribution in [2.45, 2.75) is 38.0 Å². The number of aryl methyl sites for hydroxylation is 1. The summed E-state index contributed by atoms with van der Waals surface area (Å²) in [6, 6.07) is 8.95. The van der Waals surface area contributed by atoms with Gasteiger partial charge in [0.1, 0.15) is 17.7 Å². The maximum Gasteiger partial charge on any atom is 0.139 e. The Kier molecular flexibility index (Phi) is 4.98. The van der Waals surface area contributed by atoms with Gasteiger partial charge in [0.15, 0.2) is 0 Å². The molecule has 0 amide bonds. The Morgan fingerprint density at radius 3 is 2.83 bits per heavy atom. The highest BCUT2D eigenvalue weighted by molar-refractivity contribution is 5.27. The van der Waals surface area contributed by atoms with E-state index in [2.05, 4.69) is 29.4 Å². The molecule has 1 aromatic carbocycles. The van der Waals surface area contributed by atoms with Gasteiger partial charge in [0.25, 0.3) is 0 Å². The van der Waals surface area contributed by atoms with Gasteiger partial charge in [-0.1, -0.05) is 12.1 Å². The summed E-state index contributed by atoms with van der Waals surface area (Å²) >= 11 is 0. The van der Waals surface area contributed by atoms with Crippen LogP contribution in [0.4, 0.5) is 0 Å². The molecular formula is C18H25N3O2. The average molecular weight is 315 g/mol. The predicted octanol–water partition coefficient (Wildman–Crippen LogP) is 2.48. The summed E-state index contributed by atoms with van der Waals surface area (Å²) in [5, 5.41) is 3.71. The summed E-state index contributed by atoms with van der Waals surface area (Å²) in [6.45, 7) is 3.00. The van der Waals surface area contributed by atoms with Gasteiger partial charge in [0.2, 0.25) is 0 Å². The summed E-state index contributed by atoms with van der Waals surface area (Å²) < 4.78 is 13.2. The van der Waals surface area contributed by atoms with Crippen LogP contribution in [-0.2, 0) is 18.2 Å². The number of hydrogen-bond acceptors (Lipinski definition) is 4. The van der Waals surface area contributed by atoms with E-state index in [9.17, 15) is 0 Å². The van der Waals surface area contributed by atoms with E-state index in [4.69, 9.17) is 9.47 Å². The number of aromatic nitrogens is 2. The summed E-state index contributed by atoms with van der Waals surface area (Å²) in [7, 11) is 3.71. The van der Waals surface area contributed by atoms with Crippen molar-refractivity contribution in [1.82, 2.24) is 14.9 Å². The second kappa shape index (κ2) is 7.15. The van der Waals surface area contributed by atoms with Crippen LogP contribution in [0.5, 0.6) is 5.75 Å². The van der Waals surface area contributed by atoms with Crippen LogP contribution in [0.25, 0.3) is 0 Å². The van der Waals surface area contributed by atoms with Crippen molar-refractivity contribution in [3.63, 3.8) is 0 Å². The van der Waals surface area contributed by atoms with E-state index in [1.165, 1.54) is 5.56 Å². The Balaban J connectivity index is 1.60. The molecule has 1 aliphatic heterocycles. The first-order valence-corrected chi connectivity index (χ1v) is 8.15. The van der Waals surface area contributed by atoms with Crippen molar-refractivity contribution >= 4 is 0 Å². The molecule has 3 rings (SSSR count). The van der Waals surface area contributed by atoms with Gasteiger partial charge in [-0.2, -0.15) is 0 Å². The van der Waals surface area contributed by atoms with Crippen molar-refractivity contribution in [3.05, 3.63) is 48.0 Å². The predicted molar refractivity (Wildman–Crippen MR) is 89.6 cm³/mol. The minimum atomic E-state index is 0.0355. The molecule has 0 spiro atoms. The molecule has 2 aromatic rings. The Labute approximate surface area is 137 Å². The Morgan fingerprint density at radius 1 is 1.39 bits per heavy atom. The van der Waals surface area contributed by atoms with Crippen LogP contribution in [0.2, 0.25) is 0 Å². The fraction of sp³-hybridized carbons (Fsp3) is 0.500. The van der Waals surface area contributed by atoms with Crippen LogP contribution in [0, 0.1) is 0 Å². The Hall–Kier alpha value is -1.85. The molecule has 0 bridgehead atoms. The molecule has 124 valence electrons. The lowest BCUT2D eigenvalue weighted by Gasteiger charge is -2.24. The smallest absolute Gasteiger partial charge is 0.139 e. The zero-order valence-corrected chi connectivity index (χ0v) is 14.0. The minimum Gasteiger partial charge on any atom is -0.497 e. The van der Waals surface area contributed by atoms with Gasteiger partial charge in [-0.05, 0) is 37.5 Å². The van der Waals surface area contributed by atoms with Crippen molar-refractivity contribution in [2.75, 3.05) is 13.7 Å². The van der Waals surface area contributed by atoms with Crippen LogP contribution < -0.4 is 10.1 Å². The standard InChI is InChI=1S/C18H25N3O2/c1-13(12-14-4-6-15(22-3)7-5-14)20-16-8-11-23-17(16)18-19-9-10-21(18)2/h4-7,9-10,13,16-17,20H,8,11-12H2,1-3H3/t13-,16+,17+/m1/s1. The summed E-state index contributed by atoms with van der Waals surface area (Å²) in [6.07, 6.45) is 5.83. The molecule has 0 aliphatic carbocycles. The number of methoxy groups -OCH3 is 1. The maximum atomic E-state index is 5.91. The average Bonchev–Trinajstić information content (AvgIpc) is 3.16. The number of nitrogens with one attached hydrogen (secondary N) is 1. The van der Waals surface area contributed by atoms with E-state index >= 15 is 0 Å². The zero-order chi connectivity index (χ0) is 16.2. The van der Waals surface area contributed by atoms with E-state index in [1.807, 2.05) is 36.1 Å². The van der Waals surface area contributed by atoms with Crippen molar-refractivity contribution in [2.24, 2.45) is 7.05 Å². The van der Waals surface area contributed by atoms with Crippen molar-refractivity contribution in [1.29, 1.82) is 0 Å². The molecule has 3 atom stereocenters. The van der Waals surface area contributed by atoms with E-state index in [-0.39, 0.29) is 6.10 Å². The van der Waals surface area contributed by atoms with E-state index in [0.717, 1.165) is 31.0 Å². The Morgan fingerprint density at radius 2 is 2.17 bits per heavy atom. The number of hydrogen-bond donors (Lipinski definition) is 1. The molecule has 0 saturated carbocycles. The molecule has 0 radical (unpaired) electrons. The number of imidazole rings is 1. The maximum absolute atomic E-state index is 5.91. The van der Waals surface area contributed by atoms with Gasteiger partial charge in [-0.25, -0.2) is 4.98 Å². The van der Waals surface area contributed by atoms with E-state index in [0.29, 0.717) is 12.1 Å². The Bertz CT molecular complexity index is 623. The monoisotopic (exact) mass is 315 g/mol. The molecular weight excluding hydrogens is 290 g/mol. The lowest BCUT2D eigenvalue weighted by molar-refractivity contribution is 0.0876. The third kappa shape index (κ3) is 3.74. The molecule has 1 aromatic heterocycles. The van der Waals surface area contributed by atoms with Gasteiger partial charge in [-0.15, -0.1) is 0 Å². The lowest BCUT2D eigenvalue weighted by Crippen LogP contribution is -2.40. The second-order valence-electron chi connectivity index (χ2n) is 6.20.